The van der Waals surface area contributed by atoms with E-state index in [1.807, 2.05) is 0 Å². The average Bonchev–Trinajstić information content (AvgIpc) is 2.12. The Labute approximate surface area is 91.0 Å². The molecule has 0 saturated heterocycles. The summed E-state index contributed by atoms with van der Waals surface area (Å²) in [5.41, 5.74) is 0.650. The first-order valence-corrected chi connectivity index (χ1v) is 4.71. The molecule has 0 atom stereocenters. The SMILES string of the molecule is CC(=O)CCc1cccc(OC(F)(F)F)c1. The number of aryl methyl sites for hydroxylation is 1. The molecule has 0 aromatic heterocycles. The highest BCUT2D eigenvalue weighted by atomic mass is 19.4. The summed E-state index contributed by atoms with van der Waals surface area (Å²) in [4.78, 5) is 10.7. The molecule has 0 unspecified atom stereocenters. The van der Waals surface area contributed by atoms with Crippen LogP contribution >= 0.6 is 0 Å². The topological polar surface area (TPSA) is 26.3 Å². The third kappa shape index (κ3) is 4.82. The highest BCUT2D eigenvalue weighted by Crippen LogP contribution is 2.23. The lowest BCUT2D eigenvalue weighted by molar-refractivity contribution is -0.274. The van der Waals surface area contributed by atoms with Crippen LogP contribution in [0.1, 0.15) is 18.9 Å². The number of ketones is 1. The van der Waals surface area contributed by atoms with E-state index < -0.39 is 6.36 Å². The minimum absolute atomic E-state index is 0.00198. The van der Waals surface area contributed by atoms with Gasteiger partial charge in [-0.15, -0.1) is 13.2 Å². The summed E-state index contributed by atoms with van der Waals surface area (Å²) < 4.78 is 39.5. The molecule has 5 heteroatoms. The summed E-state index contributed by atoms with van der Waals surface area (Å²) in [6.45, 7) is 1.44. The minimum Gasteiger partial charge on any atom is -0.406 e. The Kier molecular flexibility index (Phi) is 3.93. The van der Waals surface area contributed by atoms with Gasteiger partial charge in [0.1, 0.15) is 11.5 Å². The van der Waals surface area contributed by atoms with Crippen LogP contribution in [0.2, 0.25) is 0 Å². The van der Waals surface area contributed by atoms with E-state index >= 15 is 0 Å². The molecule has 0 aliphatic carbocycles. The summed E-state index contributed by atoms with van der Waals surface area (Å²) in [6, 6.07) is 5.64. The van der Waals surface area contributed by atoms with Crippen molar-refractivity contribution in [3.8, 4) is 5.75 Å². The fourth-order valence-electron chi connectivity index (χ4n) is 1.22. The zero-order chi connectivity index (χ0) is 12.2. The first-order chi connectivity index (χ1) is 7.37. The van der Waals surface area contributed by atoms with Gasteiger partial charge in [0.25, 0.3) is 0 Å². The molecular weight excluding hydrogens is 221 g/mol. The van der Waals surface area contributed by atoms with E-state index in [0.29, 0.717) is 18.4 Å². The molecular formula is C11H11F3O2. The molecule has 0 spiro atoms. The summed E-state index contributed by atoms with van der Waals surface area (Å²) in [6.07, 6.45) is -3.95. The van der Waals surface area contributed by atoms with Crippen LogP contribution in [-0.2, 0) is 11.2 Å². The van der Waals surface area contributed by atoms with E-state index in [9.17, 15) is 18.0 Å². The Bertz CT molecular complexity index is 372. The molecule has 1 aromatic rings. The molecule has 88 valence electrons. The van der Waals surface area contributed by atoms with Crippen LogP contribution in [-0.4, -0.2) is 12.1 Å². The van der Waals surface area contributed by atoms with Crippen LogP contribution in [0.15, 0.2) is 24.3 Å². The van der Waals surface area contributed by atoms with Gasteiger partial charge in [0.2, 0.25) is 0 Å². The maximum atomic E-state index is 11.9. The Morgan fingerprint density at radius 1 is 1.38 bits per heavy atom. The number of benzene rings is 1. The van der Waals surface area contributed by atoms with E-state index in [1.165, 1.54) is 25.1 Å². The second-order valence-corrected chi connectivity index (χ2v) is 3.40. The van der Waals surface area contributed by atoms with Crippen LogP contribution in [0.25, 0.3) is 0 Å². The lowest BCUT2D eigenvalue weighted by Gasteiger charge is -2.09. The van der Waals surface area contributed by atoms with E-state index in [0.717, 1.165) is 0 Å². The summed E-state index contributed by atoms with van der Waals surface area (Å²) in [7, 11) is 0. The molecule has 0 N–H and O–H groups in total. The van der Waals surface area contributed by atoms with Crippen molar-refractivity contribution in [1.29, 1.82) is 0 Å². The number of carbonyl (C=O) groups is 1. The van der Waals surface area contributed by atoms with Crippen molar-refractivity contribution in [3.05, 3.63) is 29.8 Å². The highest BCUT2D eigenvalue weighted by molar-refractivity contribution is 5.75. The molecule has 0 bridgehead atoms. The predicted octanol–water partition coefficient (Wildman–Crippen LogP) is 3.11. The zero-order valence-electron chi connectivity index (χ0n) is 8.67. The average molecular weight is 232 g/mol. The van der Waals surface area contributed by atoms with Gasteiger partial charge in [-0.05, 0) is 31.0 Å². The monoisotopic (exact) mass is 232 g/mol. The van der Waals surface area contributed by atoms with E-state index in [-0.39, 0.29) is 11.5 Å². The van der Waals surface area contributed by atoms with Gasteiger partial charge in [-0.2, -0.15) is 0 Å². The molecule has 0 aliphatic rings. The van der Waals surface area contributed by atoms with Gasteiger partial charge in [0.15, 0.2) is 0 Å². The van der Waals surface area contributed by atoms with Crippen LogP contribution in [0, 0.1) is 0 Å². The maximum absolute atomic E-state index is 11.9. The number of rotatable bonds is 4. The lowest BCUT2D eigenvalue weighted by atomic mass is 10.1. The largest absolute Gasteiger partial charge is 0.573 e. The number of hydrogen-bond donors (Lipinski definition) is 0. The molecule has 0 aliphatic heterocycles. The van der Waals surface area contributed by atoms with Crippen molar-refractivity contribution in [3.63, 3.8) is 0 Å². The van der Waals surface area contributed by atoms with Gasteiger partial charge >= 0.3 is 6.36 Å². The predicted molar refractivity (Wildman–Crippen MR) is 52.1 cm³/mol. The third-order valence-corrected chi connectivity index (χ3v) is 1.90. The Hall–Kier alpha value is -1.52. The van der Waals surface area contributed by atoms with Gasteiger partial charge in [0, 0.05) is 6.42 Å². The second-order valence-electron chi connectivity index (χ2n) is 3.40. The van der Waals surface area contributed by atoms with Gasteiger partial charge in [0.05, 0.1) is 0 Å². The van der Waals surface area contributed by atoms with Crippen molar-refractivity contribution in [2.24, 2.45) is 0 Å². The molecule has 0 saturated carbocycles. The highest BCUT2D eigenvalue weighted by Gasteiger charge is 2.31. The maximum Gasteiger partial charge on any atom is 0.573 e. The van der Waals surface area contributed by atoms with Crippen LogP contribution in [0.3, 0.4) is 0 Å². The number of ether oxygens (including phenoxy) is 1. The zero-order valence-corrected chi connectivity index (χ0v) is 8.67. The first-order valence-electron chi connectivity index (χ1n) is 4.71. The van der Waals surface area contributed by atoms with E-state index in [1.54, 1.807) is 6.07 Å². The molecule has 1 aromatic carbocycles. The normalized spacial score (nSPS) is 11.2. The van der Waals surface area contributed by atoms with Gasteiger partial charge in [-0.1, -0.05) is 12.1 Å². The minimum atomic E-state index is -4.68. The van der Waals surface area contributed by atoms with Crippen molar-refractivity contribution >= 4 is 5.78 Å². The quantitative estimate of drug-likeness (QED) is 0.797. The number of halogens is 3. The first kappa shape index (κ1) is 12.5. The summed E-state index contributed by atoms with van der Waals surface area (Å²) in [5.74, 6) is -0.254. The van der Waals surface area contributed by atoms with Crippen molar-refractivity contribution in [2.75, 3.05) is 0 Å². The molecule has 0 fully saturated rings. The van der Waals surface area contributed by atoms with Crippen molar-refractivity contribution in [2.45, 2.75) is 26.1 Å². The van der Waals surface area contributed by atoms with E-state index in [4.69, 9.17) is 0 Å². The van der Waals surface area contributed by atoms with Gasteiger partial charge < -0.3 is 9.53 Å². The Morgan fingerprint density at radius 2 is 2.06 bits per heavy atom. The molecule has 1 rings (SSSR count). The van der Waals surface area contributed by atoms with Gasteiger partial charge in [-0.3, -0.25) is 0 Å². The molecule has 0 amide bonds. The molecule has 16 heavy (non-hydrogen) atoms. The van der Waals surface area contributed by atoms with Gasteiger partial charge in [-0.25, -0.2) is 0 Å². The van der Waals surface area contributed by atoms with E-state index in [2.05, 4.69) is 4.74 Å². The third-order valence-electron chi connectivity index (χ3n) is 1.90. The summed E-state index contributed by atoms with van der Waals surface area (Å²) >= 11 is 0. The number of carbonyl (C=O) groups excluding carboxylic acids is 1. The Morgan fingerprint density at radius 3 is 2.62 bits per heavy atom. The number of alkyl halides is 3. The summed E-state index contributed by atoms with van der Waals surface area (Å²) in [5, 5.41) is 0. The fourth-order valence-corrected chi connectivity index (χ4v) is 1.22. The van der Waals surface area contributed by atoms with Crippen LogP contribution in [0.5, 0.6) is 5.75 Å². The molecule has 0 heterocycles. The second kappa shape index (κ2) is 5.01. The standard InChI is InChI=1S/C11H11F3O2/c1-8(15)5-6-9-3-2-4-10(7-9)16-11(12,13)14/h2-4,7H,5-6H2,1H3. The number of Topliss-reactive ketones (excluding diaryl/α,β-unsaturated/α-hetero) is 1. The lowest BCUT2D eigenvalue weighted by Crippen LogP contribution is -2.17. The smallest absolute Gasteiger partial charge is 0.406 e. The molecule has 2 nitrogen and oxygen atoms in total. The Balaban J connectivity index is 2.67. The van der Waals surface area contributed by atoms with Crippen LogP contribution < -0.4 is 4.74 Å². The molecule has 0 radical (unpaired) electrons. The van der Waals surface area contributed by atoms with Crippen molar-refractivity contribution < 1.29 is 22.7 Å². The number of hydrogen-bond acceptors (Lipinski definition) is 2. The fraction of sp³-hybridized carbons (Fsp3) is 0.364. The van der Waals surface area contributed by atoms with Crippen molar-refractivity contribution in [1.82, 2.24) is 0 Å². The van der Waals surface area contributed by atoms with Crippen LogP contribution in [0.4, 0.5) is 13.2 Å².